The van der Waals surface area contributed by atoms with Gasteiger partial charge in [-0.15, -0.1) is 11.3 Å². The summed E-state index contributed by atoms with van der Waals surface area (Å²) in [5, 5.41) is 5.66. The molecule has 0 aliphatic rings. The van der Waals surface area contributed by atoms with Crippen molar-refractivity contribution in [2.75, 3.05) is 6.54 Å². The number of nitrogens with zero attached hydrogens (tertiary/aromatic N) is 2. The van der Waals surface area contributed by atoms with Crippen LogP contribution in [0.4, 0.5) is 0 Å². The number of hydrogen-bond acceptors (Lipinski definition) is 3. The first kappa shape index (κ1) is 14.3. The van der Waals surface area contributed by atoms with Crippen LogP contribution in [0.15, 0.2) is 48.1 Å². The normalized spacial score (nSPS) is 12.8. The third-order valence-corrected chi connectivity index (χ3v) is 4.49. The highest BCUT2D eigenvalue weighted by Gasteiger charge is 2.10. The van der Waals surface area contributed by atoms with Gasteiger partial charge in [-0.2, -0.15) is 0 Å². The molecule has 1 N–H and O–H groups in total. The Morgan fingerprint density at radius 2 is 2.14 bits per heavy atom. The van der Waals surface area contributed by atoms with Crippen molar-refractivity contribution in [3.63, 3.8) is 0 Å². The summed E-state index contributed by atoms with van der Waals surface area (Å²) in [4.78, 5) is 5.74. The number of aromatic nitrogens is 2. The smallest absolute Gasteiger partial charge is 0.193 e. The molecule has 3 nitrogen and oxygen atoms in total. The standard InChI is InChI=1S/C17H21N3S/c1-2-18-16(14-7-4-3-5-8-14)10-6-9-15-13-20-11-12-21-17(20)19-15/h3-5,7-8,11-13,16,18H,2,6,9-10H2,1H3. The summed E-state index contributed by atoms with van der Waals surface area (Å²) in [5.41, 5.74) is 2.58. The Balaban J connectivity index is 1.58. The molecule has 0 saturated carbocycles. The molecule has 0 amide bonds. The summed E-state index contributed by atoms with van der Waals surface area (Å²) in [7, 11) is 0. The van der Waals surface area contributed by atoms with Crippen LogP contribution in [0.2, 0.25) is 0 Å². The van der Waals surface area contributed by atoms with E-state index in [1.807, 2.05) is 0 Å². The number of nitrogens with one attached hydrogen (secondary N) is 1. The molecule has 0 radical (unpaired) electrons. The molecule has 4 heteroatoms. The third kappa shape index (κ3) is 3.52. The zero-order valence-corrected chi connectivity index (χ0v) is 13.1. The van der Waals surface area contributed by atoms with Gasteiger partial charge in [-0.3, -0.25) is 4.40 Å². The summed E-state index contributed by atoms with van der Waals surface area (Å²) in [6, 6.07) is 11.2. The number of thiazole rings is 1. The summed E-state index contributed by atoms with van der Waals surface area (Å²) in [6.07, 6.45) is 7.56. The van der Waals surface area contributed by atoms with Gasteiger partial charge in [-0.05, 0) is 31.4 Å². The number of imidazole rings is 1. The number of fused-ring (bicyclic) bond motifs is 1. The molecule has 0 fully saturated rings. The van der Waals surface area contributed by atoms with Gasteiger partial charge < -0.3 is 5.32 Å². The molecule has 1 aromatic carbocycles. The number of hydrogen-bond donors (Lipinski definition) is 1. The molecule has 0 bridgehead atoms. The van der Waals surface area contributed by atoms with E-state index in [2.05, 4.69) is 69.7 Å². The Morgan fingerprint density at radius 3 is 2.90 bits per heavy atom. The van der Waals surface area contributed by atoms with Crippen LogP contribution in [0.25, 0.3) is 4.96 Å². The molecular formula is C17H21N3S. The van der Waals surface area contributed by atoms with Gasteiger partial charge in [0.15, 0.2) is 4.96 Å². The Bertz CT molecular complexity index is 643. The molecule has 21 heavy (non-hydrogen) atoms. The minimum Gasteiger partial charge on any atom is -0.310 e. The summed E-state index contributed by atoms with van der Waals surface area (Å²) < 4.78 is 2.11. The van der Waals surface area contributed by atoms with Crippen LogP contribution in [0.5, 0.6) is 0 Å². The first-order valence-electron chi connectivity index (χ1n) is 7.56. The van der Waals surface area contributed by atoms with Gasteiger partial charge >= 0.3 is 0 Å². The lowest BCUT2D eigenvalue weighted by Crippen LogP contribution is -2.20. The zero-order valence-electron chi connectivity index (χ0n) is 12.3. The van der Waals surface area contributed by atoms with Crippen molar-refractivity contribution in [2.45, 2.75) is 32.2 Å². The fourth-order valence-electron chi connectivity index (χ4n) is 2.70. The van der Waals surface area contributed by atoms with Crippen molar-refractivity contribution in [3.8, 4) is 0 Å². The number of benzene rings is 1. The van der Waals surface area contributed by atoms with Gasteiger partial charge in [-0.25, -0.2) is 4.98 Å². The van der Waals surface area contributed by atoms with Crippen LogP contribution in [0.1, 0.15) is 37.1 Å². The van der Waals surface area contributed by atoms with Crippen molar-refractivity contribution in [3.05, 3.63) is 59.4 Å². The Hall–Kier alpha value is -1.65. The fraction of sp³-hybridized carbons (Fsp3) is 0.353. The van der Waals surface area contributed by atoms with Crippen molar-refractivity contribution >= 4 is 16.3 Å². The van der Waals surface area contributed by atoms with Crippen LogP contribution in [0.3, 0.4) is 0 Å². The van der Waals surface area contributed by atoms with Crippen molar-refractivity contribution in [1.82, 2.24) is 14.7 Å². The van der Waals surface area contributed by atoms with E-state index in [9.17, 15) is 0 Å². The summed E-state index contributed by atoms with van der Waals surface area (Å²) in [6.45, 7) is 3.17. The second-order valence-electron chi connectivity index (χ2n) is 5.24. The highest BCUT2D eigenvalue weighted by atomic mass is 32.1. The maximum Gasteiger partial charge on any atom is 0.193 e. The van der Waals surface area contributed by atoms with Gasteiger partial charge in [-0.1, -0.05) is 37.3 Å². The van der Waals surface area contributed by atoms with E-state index in [0.29, 0.717) is 6.04 Å². The van der Waals surface area contributed by atoms with Crippen molar-refractivity contribution in [1.29, 1.82) is 0 Å². The van der Waals surface area contributed by atoms with E-state index in [1.165, 1.54) is 11.3 Å². The molecule has 3 aromatic rings. The van der Waals surface area contributed by atoms with E-state index >= 15 is 0 Å². The average molecular weight is 299 g/mol. The Labute approximate surface area is 129 Å². The highest BCUT2D eigenvalue weighted by molar-refractivity contribution is 7.15. The molecule has 3 rings (SSSR count). The Morgan fingerprint density at radius 1 is 1.29 bits per heavy atom. The largest absolute Gasteiger partial charge is 0.310 e. The molecule has 2 heterocycles. The molecule has 0 saturated heterocycles. The second kappa shape index (κ2) is 6.87. The highest BCUT2D eigenvalue weighted by Crippen LogP contribution is 2.20. The van der Waals surface area contributed by atoms with E-state index in [-0.39, 0.29) is 0 Å². The fourth-order valence-corrected chi connectivity index (χ4v) is 3.42. The van der Waals surface area contributed by atoms with E-state index in [0.717, 1.165) is 30.8 Å². The lowest BCUT2D eigenvalue weighted by atomic mass is 10.0. The average Bonchev–Trinajstić information content (AvgIpc) is 3.08. The molecule has 0 spiro atoms. The number of aryl methyl sites for hydroxylation is 1. The van der Waals surface area contributed by atoms with Crippen molar-refractivity contribution < 1.29 is 0 Å². The molecule has 110 valence electrons. The molecule has 0 aliphatic heterocycles. The van der Waals surface area contributed by atoms with Crippen LogP contribution >= 0.6 is 11.3 Å². The van der Waals surface area contributed by atoms with Gasteiger partial charge in [0, 0.05) is 23.8 Å². The maximum atomic E-state index is 4.65. The molecule has 1 unspecified atom stereocenters. The molecule has 0 aliphatic carbocycles. The first-order chi connectivity index (χ1) is 10.4. The van der Waals surface area contributed by atoms with Gasteiger partial charge in [0.1, 0.15) is 0 Å². The van der Waals surface area contributed by atoms with Crippen LogP contribution in [-0.4, -0.2) is 15.9 Å². The van der Waals surface area contributed by atoms with Crippen LogP contribution in [0, 0.1) is 0 Å². The number of rotatable bonds is 7. The predicted octanol–water partition coefficient (Wildman–Crippen LogP) is 4.07. The Kier molecular flexibility index (Phi) is 4.68. The minimum atomic E-state index is 0.444. The van der Waals surface area contributed by atoms with Crippen molar-refractivity contribution in [2.24, 2.45) is 0 Å². The lowest BCUT2D eigenvalue weighted by Gasteiger charge is -2.18. The van der Waals surface area contributed by atoms with E-state index < -0.39 is 0 Å². The van der Waals surface area contributed by atoms with Gasteiger partial charge in [0.05, 0.1) is 5.69 Å². The monoisotopic (exact) mass is 299 g/mol. The summed E-state index contributed by atoms with van der Waals surface area (Å²) >= 11 is 1.69. The van der Waals surface area contributed by atoms with Gasteiger partial charge in [0.2, 0.25) is 0 Å². The second-order valence-corrected chi connectivity index (χ2v) is 6.11. The van der Waals surface area contributed by atoms with Crippen LogP contribution < -0.4 is 5.32 Å². The van der Waals surface area contributed by atoms with E-state index in [1.54, 1.807) is 11.3 Å². The zero-order chi connectivity index (χ0) is 14.5. The quantitative estimate of drug-likeness (QED) is 0.712. The maximum absolute atomic E-state index is 4.65. The molecular weight excluding hydrogens is 278 g/mol. The third-order valence-electron chi connectivity index (χ3n) is 3.72. The van der Waals surface area contributed by atoms with Crippen LogP contribution in [-0.2, 0) is 6.42 Å². The van der Waals surface area contributed by atoms with E-state index in [4.69, 9.17) is 0 Å². The predicted molar refractivity (Wildman–Crippen MR) is 88.9 cm³/mol. The molecule has 1 atom stereocenters. The minimum absolute atomic E-state index is 0.444. The lowest BCUT2D eigenvalue weighted by molar-refractivity contribution is 0.497. The molecule has 2 aromatic heterocycles. The SMILES string of the molecule is CCNC(CCCc1cn2ccsc2n1)c1ccccc1. The summed E-state index contributed by atoms with van der Waals surface area (Å²) in [5.74, 6) is 0. The van der Waals surface area contributed by atoms with Gasteiger partial charge in [0.25, 0.3) is 0 Å². The first-order valence-corrected chi connectivity index (χ1v) is 8.44. The topological polar surface area (TPSA) is 29.3 Å².